The van der Waals surface area contributed by atoms with Gasteiger partial charge in [-0.3, -0.25) is 0 Å². The highest BCUT2D eigenvalue weighted by Crippen LogP contribution is 2.26. The molecule has 1 unspecified atom stereocenters. The summed E-state index contributed by atoms with van der Waals surface area (Å²) in [5, 5.41) is 0.653. The molecule has 1 aromatic carbocycles. The average molecular weight is 271 g/mol. The maximum absolute atomic E-state index is 6.08. The molecule has 1 rings (SSSR count). The first-order valence-electron chi connectivity index (χ1n) is 6.15. The summed E-state index contributed by atoms with van der Waals surface area (Å²) in [4.78, 5) is 2.13. The summed E-state index contributed by atoms with van der Waals surface area (Å²) in [5.74, 6) is 0.745. The fraction of sp³-hybridized carbons (Fsp3) is 0.571. The van der Waals surface area contributed by atoms with Gasteiger partial charge in [0.15, 0.2) is 0 Å². The van der Waals surface area contributed by atoms with Gasteiger partial charge in [-0.25, -0.2) is 0 Å². The molecule has 0 heterocycles. The van der Waals surface area contributed by atoms with Crippen molar-refractivity contribution in [2.45, 2.75) is 25.8 Å². The molecule has 1 atom stereocenters. The summed E-state index contributed by atoms with van der Waals surface area (Å²) in [6, 6.07) is 5.79. The van der Waals surface area contributed by atoms with Crippen LogP contribution in [-0.4, -0.2) is 37.7 Å². The quantitative estimate of drug-likeness (QED) is 0.864. The van der Waals surface area contributed by atoms with Crippen LogP contribution in [0.5, 0.6) is 5.75 Å². The molecule has 102 valence electrons. The predicted octanol–water partition coefficient (Wildman–Crippen LogP) is 2.70. The summed E-state index contributed by atoms with van der Waals surface area (Å²) in [7, 11) is 4.07. The number of hydrogen-bond acceptors (Lipinski definition) is 3. The minimum Gasteiger partial charge on any atom is -0.492 e. The molecule has 18 heavy (non-hydrogen) atoms. The molecule has 0 aliphatic rings. The lowest BCUT2D eigenvalue weighted by atomic mass is 9.97. The van der Waals surface area contributed by atoms with E-state index in [2.05, 4.69) is 11.8 Å². The maximum Gasteiger partial charge on any atom is 0.138 e. The maximum atomic E-state index is 6.08. The SMILES string of the molecule is Cc1ccc(Cl)c(OCCC(C)(CN)N(C)C)c1. The lowest BCUT2D eigenvalue weighted by Crippen LogP contribution is -2.48. The van der Waals surface area contributed by atoms with Gasteiger partial charge in [0.25, 0.3) is 0 Å². The number of halogens is 1. The Hall–Kier alpha value is -0.770. The Balaban J connectivity index is 2.58. The number of aryl methyl sites for hydroxylation is 1. The van der Waals surface area contributed by atoms with E-state index in [9.17, 15) is 0 Å². The van der Waals surface area contributed by atoms with Crippen molar-refractivity contribution in [1.82, 2.24) is 4.90 Å². The zero-order valence-corrected chi connectivity index (χ0v) is 12.4. The van der Waals surface area contributed by atoms with Crippen molar-refractivity contribution in [2.24, 2.45) is 5.73 Å². The number of nitrogens with two attached hydrogens (primary N) is 1. The Kier molecular flexibility index (Phi) is 5.45. The molecule has 0 amide bonds. The summed E-state index contributed by atoms with van der Waals surface area (Å²) in [5.41, 5.74) is 6.92. The Morgan fingerprint density at radius 3 is 2.61 bits per heavy atom. The largest absolute Gasteiger partial charge is 0.492 e. The molecule has 0 radical (unpaired) electrons. The van der Waals surface area contributed by atoms with Gasteiger partial charge in [0.05, 0.1) is 11.6 Å². The summed E-state index contributed by atoms with van der Waals surface area (Å²) in [6.45, 7) is 5.36. The normalized spacial score (nSPS) is 14.6. The standard InChI is InChI=1S/C14H23ClN2O/c1-11-5-6-12(15)13(9-11)18-8-7-14(2,10-16)17(3)4/h5-6,9H,7-8,10,16H2,1-4H3. The fourth-order valence-corrected chi connectivity index (χ4v) is 1.78. The molecule has 4 heteroatoms. The summed E-state index contributed by atoms with van der Waals surface area (Å²) < 4.78 is 5.75. The van der Waals surface area contributed by atoms with E-state index in [1.165, 1.54) is 0 Å². The molecule has 0 fully saturated rings. The van der Waals surface area contributed by atoms with Crippen molar-refractivity contribution in [3.05, 3.63) is 28.8 Å². The molecule has 0 aromatic heterocycles. The second-order valence-electron chi connectivity index (χ2n) is 5.13. The van der Waals surface area contributed by atoms with Gasteiger partial charge in [-0.2, -0.15) is 0 Å². The van der Waals surface area contributed by atoms with Crippen LogP contribution in [0.4, 0.5) is 0 Å². The van der Waals surface area contributed by atoms with E-state index in [-0.39, 0.29) is 5.54 Å². The number of hydrogen-bond donors (Lipinski definition) is 1. The molecule has 1 aromatic rings. The molecule has 0 aliphatic heterocycles. The van der Waals surface area contributed by atoms with Crippen molar-refractivity contribution in [3.63, 3.8) is 0 Å². The van der Waals surface area contributed by atoms with Crippen molar-refractivity contribution >= 4 is 11.6 Å². The lowest BCUT2D eigenvalue weighted by molar-refractivity contribution is 0.139. The number of likely N-dealkylation sites (N-methyl/N-ethyl adjacent to an activating group) is 1. The van der Waals surface area contributed by atoms with Crippen LogP contribution in [-0.2, 0) is 0 Å². The van der Waals surface area contributed by atoms with Gasteiger partial charge in [-0.05, 0) is 45.6 Å². The number of benzene rings is 1. The Morgan fingerprint density at radius 1 is 1.39 bits per heavy atom. The Morgan fingerprint density at radius 2 is 2.06 bits per heavy atom. The molecular weight excluding hydrogens is 248 g/mol. The van der Waals surface area contributed by atoms with Gasteiger partial charge < -0.3 is 15.4 Å². The third-order valence-corrected chi connectivity index (χ3v) is 3.82. The third-order valence-electron chi connectivity index (χ3n) is 3.50. The van der Waals surface area contributed by atoms with E-state index in [0.717, 1.165) is 17.7 Å². The van der Waals surface area contributed by atoms with Crippen molar-refractivity contribution < 1.29 is 4.74 Å². The number of nitrogens with zero attached hydrogens (tertiary/aromatic N) is 1. The second kappa shape index (κ2) is 6.41. The molecule has 0 aliphatic carbocycles. The van der Waals surface area contributed by atoms with E-state index < -0.39 is 0 Å². The van der Waals surface area contributed by atoms with Crippen molar-refractivity contribution in [2.75, 3.05) is 27.2 Å². The highest BCUT2D eigenvalue weighted by atomic mass is 35.5. The highest BCUT2D eigenvalue weighted by Gasteiger charge is 2.24. The van der Waals surface area contributed by atoms with Gasteiger partial charge in [-0.1, -0.05) is 17.7 Å². The van der Waals surface area contributed by atoms with Gasteiger partial charge in [0.2, 0.25) is 0 Å². The zero-order valence-electron chi connectivity index (χ0n) is 11.7. The summed E-state index contributed by atoms with van der Waals surface area (Å²) >= 11 is 6.08. The minimum atomic E-state index is -0.0453. The van der Waals surface area contributed by atoms with E-state index >= 15 is 0 Å². The Labute approximate surface area is 115 Å². The van der Waals surface area contributed by atoms with Crippen LogP contribution < -0.4 is 10.5 Å². The smallest absolute Gasteiger partial charge is 0.138 e. The van der Waals surface area contributed by atoms with Crippen LogP contribution in [0.15, 0.2) is 18.2 Å². The van der Waals surface area contributed by atoms with E-state index in [1.807, 2.05) is 39.2 Å². The van der Waals surface area contributed by atoms with E-state index in [4.69, 9.17) is 22.1 Å². The highest BCUT2D eigenvalue weighted by molar-refractivity contribution is 6.32. The average Bonchev–Trinajstić information content (AvgIpc) is 2.33. The van der Waals surface area contributed by atoms with E-state index in [0.29, 0.717) is 18.2 Å². The molecule has 0 saturated carbocycles. The zero-order chi connectivity index (χ0) is 13.8. The van der Waals surface area contributed by atoms with Crippen LogP contribution in [0.25, 0.3) is 0 Å². The molecule has 0 saturated heterocycles. The van der Waals surface area contributed by atoms with Gasteiger partial charge in [0.1, 0.15) is 5.75 Å². The first-order chi connectivity index (χ1) is 8.39. The Bertz CT molecular complexity index is 395. The van der Waals surface area contributed by atoms with Crippen LogP contribution in [0.1, 0.15) is 18.9 Å². The van der Waals surface area contributed by atoms with Crippen LogP contribution in [0, 0.1) is 6.92 Å². The van der Waals surface area contributed by atoms with Crippen molar-refractivity contribution in [3.8, 4) is 5.75 Å². The summed E-state index contributed by atoms with van der Waals surface area (Å²) in [6.07, 6.45) is 0.862. The number of ether oxygens (including phenoxy) is 1. The molecule has 3 nitrogen and oxygen atoms in total. The van der Waals surface area contributed by atoms with Crippen LogP contribution in [0.2, 0.25) is 5.02 Å². The molecular formula is C14H23ClN2O. The predicted molar refractivity (Wildman–Crippen MR) is 77.4 cm³/mol. The molecule has 0 spiro atoms. The second-order valence-corrected chi connectivity index (χ2v) is 5.54. The first-order valence-corrected chi connectivity index (χ1v) is 6.53. The first kappa shape index (κ1) is 15.3. The fourth-order valence-electron chi connectivity index (χ4n) is 1.61. The number of rotatable bonds is 6. The molecule has 2 N–H and O–H groups in total. The van der Waals surface area contributed by atoms with E-state index in [1.54, 1.807) is 0 Å². The van der Waals surface area contributed by atoms with Gasteiger partial charge in [-0.15, -0.1) is 0 Å². The van der Waals surface area contributed by atoms with Crippen molar-refractivity contribution in [1.29, 1.82) is 0 Å². The lowest BCUT2D eigenvalue weighted by Gasteiger charge is -2.35. The third kappa shape index (κ3) is 3.87. The van der Waals surface area contributed by atoms with Gasteiger partial charge in [0, 0.05) is 18.5 Å². The van der Waals surface area contributed by atoms with Crippen LogP contribution >= 0.6 is 11.6 Å². The van der Waals surface area contributed by atoms with Gasteiger partial charge >= 0.3 is 0 Å². The minimum absolute atomic E-state index is 0.0453. The van der Waals surface area contributed by atoms with Crippen LogP contribution in [0.3, 0.4) is 0 Å². The monoisotopic (exact) mass is 270 g/mol. The topological polar surface area (TPSA) is 38.5 Å². The molecule has 0 bridgehead atoms.